The highest BCUT2D eigenvalue weighted by molar-refractivity contribution is 7.91. The highest BCUT2D eigenvalue weighted by atomic mass is 32.2. The number of aromatic amines is 1. The Morgan fingerprint density at radius 3 is 2.67 bits per heavy atom. The molecule has 0 spiro atoms. The van der Waals surface area contributed by atoms with Gasteiger partial charge in [-0.15, -0.1) is 0 Å². The number of nitrogens with zero attached hydrogens (tertiary/aromatic N) is 1. The molecule has 1 aliphatic rings. The summed E-state index contributed by atoms with van der Waals surface area (Å²) >= 11 is 0. The second-order valence-electron chi connectivity index (χ2n) is 6.83. The zero-order chi connectivity index (χ0) is 18.7. The Kier molecular flexibility index (Phi) is 5.13. The third kappa shape index (κ3) is 3.84. The van der Waals surface area contributed by atoms with Crippen LogP contribution in [0.3, 0.4) is 0 Å². The van der Waals surface area contributed by atoms with Crippen molar-refractivity contribution >= 4 is 20.7 Å². The summed E-state index contributed by atoms with van der Waals surface area (Å²) in [5, 5.41) is 10.9. The topological polar surface area (TPSA) is 84.1 Å². The number of rotatable bonds is 7. The van der Waals surface area contributed by atoms with Crippen LogP contribution in [-0.4, -0.2) is 37.8 Å². The second kappa shape index (κ2) is 7.70. The predicted molar refractivity (Wildman–Crippen MR) is 104 cm³/mol. The number of fused-ring (bicyclic) bond motifs is 1. The zero-order valence-corrected chi connectivity index (χ0v) is 15.8. The van der Waals surface area contributed by atoms with Crippen molar-refractivity contribution < 1.29 is 13.2 Å². The highest BCUT2D eigenvalue weighted by Gasteiger charge is 2.23. The van der Waals surface area contributed by atoms with Gasteiger partial charge in [0.25, 0.3) is 0 Å². The molecule has 4 rings (SSSR count). The van der Waals surface area contributed by atoms with Gasteiger partial charge in [0.05, 0.1) is 10.4 Å². The number of H-pyrrole nitrogens is 1. The molecule has 2 aromatic carbocycles. The molecule has 2 N–H and O–H groups in total. The Balaban J connectivity index is 1.51. The summed E-state index contributed by atoms with van der Waals surface area (Å²) in [5.41, 5.74) is 0.598. The van der Waals surface area contributed by atoms with E-state index in [2.05, 4.69) is 15.5 Å². The Morgan fingerprint density at radius 2 is 1.89 bits per heavy atom. The van der Waals surface area contributed by atoms with Crippen LogP contribution < -0.4 is 10.1 Å². The summed E-state index contributed by atoms with van der Waals surface area (Å²) in [6, 6.07) is 14.3. The number of hydrogen-bond acceptors (Lipinski definition) is 5. The fourth-order valence-corrected chi connectivity index (χ4v) is 4.91. The lowest BCUT2D eigenvalue weighted by Crippen LogP contribution is -2.30. The van der Waals surface area contributed by atoms with Gasteiger partial charge in [0, 0.05) is 18.0 Å². The first kappa shape index (κ1) is 18.0. The van der Waals surface area contributed by atoms with Gasteiger partial charge in [-0.25, -0.2) is 8.42 Å². The Morgan fingerprint density at radius 1 is 1.11 bits per heavy atom. The molecule has 0 amide bonds. The largest absolute Gasteiger partial charge is 0.492 e. The maximum Gasteiger partial charge on any atom is 0.223 e. The van der Waals surface area contributed by atoms with Crippen molar-refractivity contribution in [2.75, 3.05) is 13.2 Å². The van der Waals surface area contributed by atoms with Crippen LogP contribution in [0, 0.1) is 0 Å². The average molecular weight is 385 g/mol. The molecule has 7 heteroatoms. The highest BCUT2D eigenvalue weighted by Crippen LogP contribution is 2.29. The quantitative estimate of drug-likeness (QED) is 0.610. The standard InChI is InChI=1S/C20H23N3O3S/c24-27(25,17-8-2-1-3-9-17)20-18-14-16(10-11-19(18)22-23-20)26-13-12-21-15-6-4-5-7-15/h1-3,8-11,14-15,21H,4-7,12-13H2,(H,22,23). The maximum absolute atomic E-state index is 12.9. The van der Waals surface area contributed by atoms with Gasteiger partial charge in [-0.2, -0.15) is 5.10 Å². The van der Waals surface area contributed by atoms with Gasteiger partial charge in [0.1, 0.15) is 12.4 Å². The van der Waals surface area contributed by atoms with Crippen molar-refractivity contribution in [1.82, 2.24) is 15.5 Å². The lowest BCUT2D eigenvalue weighted by atomic mass is 10.2. The summed E-state index contributed by atoms with van der Waals surface area (Å²) in [5.74, 6) is 0.640. The molecule has 0 atom stereocenters. The van der Waals surface area contributed by atoms with Crippen LogP contribution in [0.25, 0.3) is 10.9 Å². The van der Waals surface area contributed by atoms with E-state index in [0.717, 1.165) is 6.54 Å². The summed E-state index contributed by atoms with van der Waals surface area (Å²) in [6.07, 6.45) is 5.08. The molecule has 1 heterocycles. The molecule has 1 saturated carbocycles. The predicted octanol–water partition coefficient (Wildman–Crippen LogP) is 3.31. The molecule has 3 aromatic rings. The molecular weight excluding hydrogens is 362 g/mol. The minimum Gasteiger partial charge on any atom is -0.492 e. The molecule has 1 aliphatic carbocycles. The van der Waals surface area contributed by atoms with E-state index in [0.29, 0.717) is 29.3 Å². The monoisotopic (exact) mass is 385 g/mol. The average Bonchev–Trinajstić information content (AvgIpc) is 3.35. The molecule has 1 fully saturated rings. The maximum atomic E-state index is 12.9. The molecule has 0 radical (unpaired) electrons. The van der Waals surface area contributed by atoms with Crippen LogP contribution in [-0.2, 0) is 9.84 Å². The minimum atomic E-state index is -3.66. The third-order valence-corrected chi connectivity index (χ3v) is 6.71. The van der Waals surface area contributed by atoms with Crippen LogP contribution >= 0.6 is 0 Å². The van der Waals surface area contributed by atoms with Crippen molar-refractivity contribution in [1.29, 1.82) is 0 Å². The van der Waals surface area contributed by atoms with Crippen molar-refractivity contribution in [2.24, 2.45) is 0 Å². The van der Waals surface area contributed by atoms with Crippen molar-refractivity contribution in [3.63, 3.8) is 0 Å². The van der Waals surface area contributed by atoms with Crippen LogP contribution in [0.5, 0.6) is 5.75 Å². The van der Waals surface area contributed by atoms with E-state index < -0.39 is 9.84 Å². The second-order valence-corrected chi connectivity index (χ2v) is 8.72. The SMILES string of the molecule is O=S(=O)(c1ccccc1)c1[nH]nc2ccc(OCCNC3CCCC3)cc12. The van der Waals surface area contributed by atoms with Crippen LogP contribution in [0.1, 0.15) is 25.7 Å². The smallest absolute Gasteiger partial charge is 0.223 e. The number of nitrogens with one attached hydrogen (secondary N) is 2. The summed E-state index contributed by atoms with van der Waals surface area (Å²) in [7, 11) is -3.66. The number of sulfone groups is 1. The third-order valence-electron chi connectivity index (χ3n) is 4.97. The van der Waals surface area contributed by atoms with Crippen LogP contribution in [0.4, 0.5) is 0 Å². The molecule has 1 aromatic heterocycles. The molecule has 27 heavy (non-hydrogen) atoms. The van der Waals surface area contributed by atoms with E-state index in [1.54, 1.807) is 42.5 Å². The van der Waals surface area contributed by atoms with Gasteiger partial charge < -0.3 is 10.1 Å². The van der Waals surface area contributed by atoms with Gasteiger partial charge in [-0.1, -0.05) is 31.0 Å². The van der Waals surface area contributed by atoms with Gasteiger partial charge in [0.2, 0.25) is 9.84 Å². The Labute approximate surface area is 158 Å². The summed E-state index contributed by atoms with van der Waals surface area (Å²) in [6.45, 7) is 1.32. The molecule has 142 valence electrons. The first-order valence-corrected chi connectivity index (χ1v) is 10.8. The van der Waals surface area contributed by atoms with Crippen molar-refractivity contribution in [2.45, 2.75) is 41.6 Å². The zero-order valence-electron chi connectivity index (χ0n) is 15.0. The molecule has 0 saturated heterocycles. The Bertz CT molecular complexity index is 1010. The van der Waals surface area contributed by atoms with E-state index in [9.17, 15) is 8.42 Å². The van der Waals surface area contributed by atoms with Gasteiger partial charge >= 0.3 is 0 Å². The molecule has 0 aliphatic heterocycles. The van der Waals surface area contributed by atoms with Crippen LogP contribution in [0.2, 0.25) is 0 Å². The van der Waals surface area contributed by atoms with Crippen molar-refractivity contribution in [3.8, 4) is 5.75 Å². The molecule has 6 nitrogen and oxygen atoms in total. The summed E-state index contributed by atoms with van der Waals surface area (Å²) < 4.78 is 31.6. The first-order chi connectivity index (χ1) is 13.1. The lowest BCUT2D eigenvalue weighted by molar-refractivity contribution is 0.305. The van der Waals surface area contributed by atoms with E-state index in [1.165, 1.54) is 25.7 Å². The minimum absolute atomic E-state index is 0.0956. The summed E-state index contributed by atoms with van der Waals surface area (Å²) in [4.78, 5) is 0.239. The number of hydrogen-bond donors (Lipinski definition) is 2. The molecular formula is C20H23N3O3S. The number of benzene rings is 2. The molecule has 0 unspecified atom stereocenters. The number of ether oxygens (including phenoxy) is 1. The fraction of sp³-hybridized carbons (Fsp3) is 0.350. The van der Waals surface area contributed by atoms with E-state index in [4.69, 9.17) is 4.74 Å². The van der Waals surface area contributed by atoms with Gasteiger partial charge in [0.15, 0.2) is 5.03 Å². The fourth-order valence-electron chi connectivity index (χ4n) is 3.54. The van der Waals surface area contributed by atoms with Gasteiger partial charge in [-0.3, -0.25) is 5.10 Å². The van der Waals surface area contributed by atoms with E-state index >= 15 is 0 Å². The van der Waals surface area contributed by atoms with Crippen LogP contribution in [0.15, 0.2) is 58.5 Å². The van der Waals surface area contributed by atoms with E-state index in [1.807, 2.05) is 6.07 Å². The normalized spacial score (nSPS) is 15.4. The van der Waals surface area contributed by atoms with E-state index in [-0.39, 0.29) is 9.92 Å². The first-order valence-electron chi connectivity index (χ1n) is 9.29. The lowest BCUT2D eigenvalue weighted by Gasteiger charge is -2.12. The number of aromatic nitrogens is 2. The van der Waals surface area contributed by atoms with Gasteiger partial charge in [-0.05, 0) is 43.2 Å². The molecule has 0 bridgehead atoms. The Hall–Kier alpha value is -2.38. The van der Waals surface area contributed by atoms with Crippen molar-refractivity contribution in [3.05, 3.63) is 48.5 Å².